The van der Waals surface area contributed by atoms with Crippen LogP contribution < -0.4 is 16.0 Å². The van der Waals surface area contributed by atoms with Gasteiger partial charge in [0.2, 0.25) is 11.8 Å². The van der Waals surface area contributed by atoms with Crippen LogP contribution in [0.2, 0.25) is 0 Å². The number of thiazole rings is 1. The molecule has 2 rings (SSSR count). The zero-order valence-corrected chi connectivity index (χ0v) is 23.9. The Morgan fingerprint density at radius 2 is 1.50 bits per heavy atom. The Hall–Kier alpha value is -3.18. The fraction of sp³-hybridized carbons (Fsp3) is 0.538. The van der Waals surface area contributed by atoms with E-state index in [9.17, 15) is 42.2 Å². The molecule has 1 aromatic carbocycles. The summed E-state index contributed by atoms with van der Waals surface area (Å²) in [6, 6.07) is 3.99. The molecule has 0 aliphatic carbocycles. The van der Waals surface area contributed by atoms with Crippen LogP contribution >= 0.6 is 11.3 Å². The van der Waals surface area contributed by atoms with Crippen LogP contribution in [0.1, 0.15) is 34.1 Å². The minimum Gasteiger partial charge on any atom is -0.396 e. The Kier molecular flexibility index (Phi) is 13.7. The van der Waals surface area contributed by atoms with Gasteiger partial charge in [-0.3, -0.25) is 14.4 Å². The first-order valence-corrected chi connectivity index (χ1v) is 13.5. The van der Waals surface area contributed by atoms with Crippen LogP contribution in [0.15, 0.2) is 36.5 Å². The van der Waals surface area contributed by atoms with E-state index in [0.717, 1.165) is 11.3 Å². The number of hydrogen-bond acceptors (Lipinski definition) is 9. The summed E-state index contributed by atoms with van der Waals surface area (Å²) in [5, 5.41) is 28.1. The van der Waals surface area contributed by atoms with Gasteiger partial charge in [0.15, 0.2) is 0 Å². The predicted octanol–water partition coefficient (Wildman–Crippen LogP) is 1.62. The Morgan fingerprint density at radius 1 is 0.952 bits per heavy atom. The van der Waals surface area contributed by atoms with E-state index in [1.807, 2.05) is 0 Å². The zero-order valence-electron chi connectivity index (χ0n) is 23.1. The molecule has 1 aromatic heterocycles. The summed E-state index contributed by atoms with van der Waals surface area (Å²) in [6.07, 6.45) is -0.0758. The van der Waals surface area contributed by atoms with Crippen molar-refractivity contribution in [1.29, 1.82) is 0 Å². The molecule has 0 radical (unpaired) electrons. The molecular formula is C26H34F4N4O7S. The molecule has 0 fully saturated rings. The molecule has 3 amide bonds. The van der Waals surface area contributed by atoms with Crippen molar-refractivity contribution < 1.29 is 51.6 Å². The van der Waals surface area contributed by atoms with Crippen LogP contribution in [0.5, 0.6) is 0 Å². The largest absolute Gasteiger partial charge is 0.396 e. The average Bonchev–Trinajstić information content (AvgIpc) is 3.38. The fourth-order valence-corrected chi connectivity index (χ4v) is 4.38. The number of alkyl halides is 4. The highest BCUT2D eigenvalue weighted by Crippen LogP contribution is 2.24. The molecule has 11 nitrogen and oxygen atoms in total. The minimum atomic E-state index is -3.33. The number of nitrogens with one attached hydrogen (secondary N) is 3. The molecule has 234 valence electrons. The van der Waals surface area contributed by atoms with Crippen LogP contribution in [-0.2, 0) is 25.5 Å². The number of aliphatic hydroxyl groups is 2. The number of aryl methyl sites for hydroxylation is 1. The van der Waals surface area contributed by atoms with Gasteiger partial charge in [0.1, 0.15) is 17.0 Å². The molecular weight excluding hydrogens is 588 g/mol. The number of nitrogens with zero attached hydrogens (tertiary/aromatic N) is 1. The highest BCUT2D eigenvalue weighted by atomic mass is 32.1. The molecule has 0 bridgehead atoms. The van der Waals surface area contributed by atoms with Crippen molar-refractivity contribution in [3.63, 3.8) is 0 Å². The van der Waals surface area contributed by atoms with Gasteiger partial charge >= 0.3 is 13.2 Å². The molecule has 0 aliphatic heterocycles. The van der Waals surface area contributed by atoms with Crippen molar-refractivity contribution in [3.8, 4) is 0 Å². The quantitative estimate of drug-likeness (QED) is 0.167. The SMILES string of the molecule is Cc1ncc(C(=O)N[C@@H](COC(F)F)C(=O)N[C@@H](COC(F)F)C(=O)N[C@@H](Cc2ccccc2)C(O)C(C)(C)CO)s1. The fourth-order valence-electron chi connectivity index (χ4n) is 3.70. The van der Waals surface area contributed by atoms with Crippen molar-refractivity contribution in [2.45, 2.75) is 64.6 Å². The maximum absolute atomic E-state index is 13.3. The van der Waals surface area contributed by atoms with Crippen molar-refractivity contribution in [2.24, 2.45) is 5.41 Å². The van der Waals surface area contributed by atoms with E-state index in [4.69, 9.17) is 0 Å². The third-order valence-corrected chi connectivity index (χ3v) is 7.00. The van der Waals surface area contributed by atoms with Crippen molar-refractivity contribution in [3.05, 3.63) is 52.0 Å². The highest BCUT2D eigenvalue weighted by Gasteiger charge is 2.37. The van der Waals surface area contributed by atoms with Gasteiger partial charge in [0, 0.05) is 5.41 Å². The normalized spacial score (nSPS) is 14.7. The van der Waals surface area contributed by atoms with E-state index < -0.39 is 80.4 Å². The lowest BCUT2D eigenvalue weighted by Gasteiger charge is -2.36. The first-order valence-electron chi connectivity index (χ1n) is 12.7. The number of carbonyl (C=O) groups excluding carboxylic acids is 3. The van der Waals surface area contributed by atoms with E-state index >= 15 is 0 Å². The van der Waals surface area contributed by atoms with Crippen LogP contribution in [0.3, 0.4) is 0 Å². The Labute approximate surface area is 243 Å². The lowest BCUT2D eigenvalue weighted by molar-refractivity contribution is -0.152. The Morgan fingerprint density at radius 3 is 2.00 bits per heavy atom. The zero-order chi connectivity index (χ0) is 31.4. The minimum absolute atomic E-state index is 0.0573. The lowest BCUT2D eigenvalue weighted by Crippen LogP contribution is -2.60. The summed E-state index contributed by atoms with van der Waals surface area (Å²) >= 11 is 0.965. The first kappa shape index (κ1) is 35.0. The predicted molar refractivity (Wildman–Crippen MR) is 143 cm³/mol. The standard InChI is InChI=1S/C26H34F4N4O7S/c1-14-31-10-19(42-14)23(39)34-18(12-41-25(29)30)22(38)33-17(11-40-24(27)28)21(37)32-16(20(36)26(2,3)13-35)9-15-7-5-4-6-8-15/h4-8,10,16-18,20,24-25,35-36H,9,11-13H2,1-3H3,(H,32,37)(H,33,38)(H,34,39)/t16-,17-,18-,20?/m0/s1. The third-order valence-electron chi connectivity index (χ3n) is 6.09. The van der Waals surface area contributed by atoms with Gasteiger partial charge in [-0.2, -0.15) is 17.6 Å². The molecule has 0 saturated carbocycles. The van der Waals surface area contributed by atoms with Crippen LogP contribution in [-0.4, -0.2) is 90.2 Å². The van der Waals surface area contributed by atoms with Crippen LogP contribution in [0.4, 0.5) is 17.6 Å². The van der Waals surface area contributed by atoms with Gasteiger partial charge in [0.25, 0.3) is 5.91 Å². The Balaban J connectivity index is 2.28. The molecule has 2 aromatic rings. The van der Waals surface area contributed by atoms with E-state index in [2.05, 4.69) is 30.4 Å². The van der Waals surface area contributed by atoms with Gasteiger partial charge in [-0.15, -0.1) is 11.3 Å². The smallest absolute Gasteiger partial charge is 0.345 e. The maximum Gasteiger partial charge on any atom is 0.345 e. The van der Waals surface area contributed by atoms with E-state index in [1.54, 1.807) is 51.1 Å². The van der Waals surface area contributed by atoms with Crippen LogP contribution in [0.25, 0.3) is 0 Å². The van der Waals surface area contributed by atoms with Crippen molar-refractivity contribution in [2.75, 3.05) is 19.8 Å². The molecule has 16 heteroatoms. The number of aromatic nitrogens is 1. The number of hydrogen-bond donors (Lipinski definition) is 5. The van der Waals surface area contributed by atoms with Gasteiger partial charge in [0.05, 0.1) is 43.2 Å². The summed E-state index contributed by atoms with van der Waals surface area (Å²) in [4.78, 5) is 42.8. The van der Waals surface area contributed by atoms with Crippen molar-refractivity contribution in [1.82, 2.24) is 20.9 Å². The summed E-state index contributed by atoms with van der Waals surface area (Å²) in [5.74, 6) is -3.12. The number of amides is 3. The van der Waals surface area contributed by atoms with Gasteiger partial charge < -0.3 is 35.6 Å². The first-order chi connectivity index (χ1) is 19.7. The molecule has 42 heavy (non-hydrogen) atoms. The monoisotopic (exact) mass is 622 g/mol. The molecule has 1 unspecified atom stereocenters. The molecule has 0 aliphatic rings. The summed E-state index contributed by atoms with van der Waals surface area (Å²) in [7, 11) is 0. The number of ether oxygens (including phenoxy) is 2. The Bertz CT molecular complexity index is 1160. The molecule has 1 heterocycles. The van der Waals surface area contributed by atoms with E-state index in [-0.39, 0.29) is 11.3 Å². The molecule has 0 spiro atoms. The number of carbonyl (C=O) groups is 3. The van der Waals surface area contributed by atoms with E-state index in [1.165, 1.54) is 6.20 Å². The summed E-state index contributed by atoms with van der Waals surface area (Å²) < 4.78 is 59.8. The summed E-state index contributed by atoms with van der Waals surface area (Å²) in [5.41, 5.74) is -0.424. The van der Waals surface area contributed by atoms with Gasteiger partial charge in [-0.1, -0.05) is 44.2 Å². The molecule has 5 N–H and O–H groups in total. The third kappa shape index (κ3) is 11.2. The second-order valence-electron chi connectivity index (χ2n) is 9.92. The number of rotatable bonds is 17. The molecule has 4 atom stereocenters. The van der Waals surface area contributed by atoms with E-state index in [0.29, 0.717) is 10.6 Å². The number of halogens is 4. The number of aliphatic hydroxyl groups excluding tert-OH is 2. The lowest BCUT2D eigenvalue weighted by atomic mass is 9.81. The number of benzene rings is 1. The highest BCUT2D eigenvalue weighted by molar-refractivity contribution is 7.13. The average molecular weight is 623 g/mol. The topological polar surface area (TPSA) is 159 Å². The van der Waals surface area contributed by atoms with Crippen molar-refractivity contribution >= 4 is 29.1 Å². The van der Waals surface area contributed by atoms with Gasteiger partial charge in [-0.05, 0) is 18.9 Å². The van der Waals surface area contributed by atoms with Crippen LogP contribution in [0, 0.1) is 12.3 Å². The maximum atomic E-state index is 13.3. The summed E-state index contributed by atoms with van der Waals surface area (Å²) in [6.45, 7) is -4.46. The second-order valence-corrected chi connectivity index (χ2v) is 11.1. The second kappa shape index (κ2) is 16.5. The van der Waals surface area contributed by atoms with Gasteiger partial charge in [-0.25, -0.2) is 4.98 Å². The molecule has 0 saturated heterocycles.